The van der Waals surface area contributed by atoms with E-state index < -0.39 is 0 Å². The van der Waals surface area contributed by atoms with Gasteiger partial charge in [-0.2, -0.15) is 0 Å². The van der Waals surface area contributed by atoms with Crippen LogP contribution in [0, 0.1) is 6.07 Å². The molecule has 0 fully saturated rings. The summed E-state index contributed by atoms with van der Waals surface area (Å²) in [6.45, 7) is 0. The van der Waals surface area contributed by atoms with E-state index in [1.54, 1.807) is 0 Å². The van der Waals surface area contributed by atoms with Crippen molar-refractivity contribution in [3.63, 3.8) is 0 Å². The van der Waals surface area contributed by atoms with Gasteiger partial charge in [0.05, 0.1) is 0 Å². The van der Waals surface area contributed by atoms with E-state index in [2.05, 4.69) is 121 Å². The highest BCUT2D eigenvalue weighted by Gasteiger charge is 2.19. The van der Waals surface area contributed by atoms with Crippen molar-refractivity contribution in [1.29, 1.82) is 0 Å². The summed E-state index contributed by atoms with van der Waals surface area (Å²) in [4.78, 5) is 0. The zero-order valence-corrected chi connectivity index (χ0v) is 17.6. The van der Waals surface area contributed by atoms with Gasteiger partial charge in [0.1, 0.15) is 0 Å². The van der Waals surface area contributed by atoms with Crippen LogP contribution in [0.2, 0.25) is 0 Å². The van der Waals surface area contributed by atoms with E-state index in [9.17, 15) is 0 Å². The van der Waals surface area contributed by atoms with Gasteiger partial charge in [0.25, 0.3) is 0 Å². The van der Waals surface area contributed by atoms with E-state index >= 15 is 0 Å². The molecule has 0 atom stereocenters. The van der Waals surface area contributed by atoms with Crippen molar-refractivity contribution in [3.8, 4) is 33.4 Å². The van der Waals surface area contributed by atoms with Gasteiger partial charge in [0.2, 0.25) is 0 Å². The number of benzene rings is 6. The molecule has 0 saturated carbocycles. The normalized spacial score (nSPS) is 11.1. The highest BCUT2D eigenvalue weighted by Crippen LogP contribution is 2.46. The minimum atomic E-state index is 1.12. The lowest BCUT2D eigenvalue weighted by molar-refractivity contribution is 1.62. The van der Waals surface area contributed by atoms with Gasteiger partial charge in [-0.15, -0.1) is 0 Å². The molecule has 32 heavy (non-hydrogen) atoms. The number of hydrogen-bond donors (Lipinski definition) is 0. The SMILES string of the molecule is [c]1ccccc1-c1cccc2c(-c3ccccc3)c3ccccc3c(-c3ccccc3)c12. The van der Waals surface area contributed by atoms with E-state index in [0.29, 0.717) is 0 Å². The van der Waals surface area contributed by atoms with Crippen LogP contribution in [0.1, 0.15) is 0 Å². The minimum absolute atomic E-state index is 1.12. The molecule has 1 radical (unpaired) electrons. The first-order valence-electron chi connectivity index (χ1n) is 11.0. The third-order valence-corrected chi connectivity index (χ3v) is 6.17. The van der Waals surface area contributed by atoms with Crippen molar-refractivity contribution in [1.82, 2.24) is 0 Å². The molecule has 6 aromatic carbocycles. The molecule has 0 nitrogen and oxygen atoms in total. The summed E-state index contributed by atoms with van der Waals surface area (Å²) in [6.07, 6.45) is 0. The van der Waals surface area contributed by atoms with E-state index in [1.165, 1.54) is 49.4 Å². The molecule has 0 aliphatic rings. The number of fused-ring (bicyclic) bond motifs is 2. The second-order valence-corrected chi connectivity index (χ2v) is 8.03. The fraction of sp³-hybridized carbons (Fsp3) is 0. The fourth-order valence-electron chi connectivity index (χ4n) is 4.83. The standard InChI is InChI=1S/C32H21/c1-4-13-23(14-5-1)26-21-12-22-29-30(24-15-6-2-7-16-24)27-19-10-11-20-28(27)31(32(26)29)25-17-8-3-9-18-25/h1-13,15-22H. The molecular formula is C32H21. The van der Waals surface area contributed by atoms with Crippen LogP contribution in [0.4, 0.5) is 0 Å². The molecule has 0 aliphatic carbocycles. The summed E-state index contributed by atoms with van der Waals surface area (Å²) in [6, 6.07) is 48.7. The zero-order chi connectivity index (χ0) is 21.3. The van der Waals surface area contributed by atoms with Crippen molar-refractivity contribution in [3.05, 3.63) is 133 Å². The van der Waals surface area contributed by atoms with Gasteiger partial charge < -0.3 is 0 Å². The maximum atomic E-state index is 3.46. The van der Waals surface area contributed by atoms with E-state index in [-0.39, 0.29) is 0 Å². The van der Waals surface area contributed by atoms with E-state index in [0.717, 1.165) is 5.56 Å². The van der Waals surface area contributed by atoms with Crippen LogP contribution in [0.25, 0.3) is 54.9 Å². The summed E-state index contributed by atoms with van der Waals surface area (Å²) in [5, 5.41) is 5.09. The summed E-state index contributed by atoms with van der Waals surface area (Å²) >= 11 is 0. The largest absolute Gasteiger partial charge is 0.0622 e. The molecule has 0 unspecified atom stereocenters. The fourth-order valence-corrected chi connectivity index (χ4v) is 4.83. The molecule has 6 aromatic rings. The van der Waals surface area contributed by atoms with Crippen LogP contribution < -0.4 is 0 Å². The Balaban J connectivity index is 1.88. The summed E-state index contributed by atoms with van der Waals surface area (Å²) < 4.78 is 0. The smallest absolute Gasteiger partial charge is 0.00139 e. The van der Waals surface area contributed by atoms with Gasteiger partial charge >= 0.3 is 0 Å². The lowest BCUT2D eigenvalue weighted by atomic mass is 9.83. The Kier molecular flexibility index (Phi) is 4.55. The number of rotatable bonds is 3. The minimum Gasteiger partial charge on any atom is -0.0622 e. The van der Waals surface area contributed by atoms with Gasteiger partial charge in [-0.05, 0) is 61.0 Å². The van der Waals surface area contributed by atoms with Crippen molar-refractivity contribution in [2.24, 2.45) is 0 Å². The van der Waals surface area contributed by atoms with E-state index in [1.807, 2.05) is 12.1 Å². The molecule has 0 N–H and O–H groups in total. The maximum absolute atomic E-state index is 3.46. The molecule has 0 spiro atoms. The Morgan fingerprint density at radius 1 is 0.406 bits per heavy atom. The quantitative estimate of drug-likeness (QED) is 0.258. The topological polar surface area (TPSA) is 0 Å². The molecule has 0 saturated heterocycles. The molecule has 0 aromatic heterocycles. The third kappa shape index (κ3) is 3.01. The van der Waals surface area contributed by atoms with Gasteiger partial charge in [-0.1, -0.05) is 127 Å². The first kappa shape index (κ1) is 18.6. The third-order valence-electron chi connectivity index (χ3n) is 6.17. The van der Waals surface area contributed by atoms with Crippen LogP contribution in [-0.2, 0) is 0 Å². The van der Waals surface area contributed by atoms with Crippen LogP contribution in [0.5, 0.6) is 0 Å². The molecule has 0 amide bonds. The van der Waals surface area contributed by atoms with Gasteiger partial charge in [0.15, 0.2) is 0 Å². The second-order valence-electron chi connectivity index (χ2n) is 8.03. The Morgan fingerprint density at radius 2 is 0.969 bits per heavy atom. The second kappa shape index (κ2) is 7.83. The average Bonchev–Trinajstić information content (AvgIpc) is 2.88. The average molecular weight is 406 g/mol. The van der Waals surface area contributed by atoms with Crippen molar-refractivity contribution in [2.45, 2.75) is 0 Å². The Hall–Kier alpha value is -4.16. The van der Waals surface area contributed by atoms with Crippen LogP contribution in [-0.4, -0.2) is 0 Å². The molecule has 0 aliphatic heterocycles. The maximum Gasteiger partial charge on any atom is -0.00139 e. The molecule has 0 heterocycles. The van der Waals surface area contributed by atoms with Crippen molar-refractivity contribution >= 4 is 21.5 Å². The zero-order valence-electron chi connectivity index (χ0n) is 17.6. The summed E-state index contributed by atoms with van der Waals surface area (Å²) in [5.41, 5.74) is 7.37. The molecule has 0 heteroatoms. The van der Waals surface area contributed by atoms with Crippen molar-refractivity contribution < 1.29 is 0 Å². The molecule has 0 bridgehead atoms. The van der Waals surface area contributed by atoms with Gasteiger partial charge in [-0.25, -0.2) is 0 Å². The summed E-state index contributed by atoms with van der Waals surface area (Å²) in [5.74, 6) is 0. The Labute approximate surface area is 188 Å². The van der Waals surface area contributed by atoms with Gasteiger partial charge in [-0.3, -0.25) is 0 Å². The first-order valence-corrected chi connectivity index (χ1v) is 11.0. The number of hydrogen-bond acceptors (Lipinski definition) is 0. The molecule has 149 valence electrons. The predicted molar refractivity (Wildman–Crippen MR) is 137 cm³/mol. The van der Waals surface area contributed by atoms with E-state index in [4.69, 9.17) is 0 Å². The predicted octanol–water partition coefficient (Wildman–Crippen LogP) is 8.79. The lowest BCUT2D eigenvalue weighted by Crippen LogP contribution is -1.93. The molecule has 6 rings (SSSR count). The van der Waals surface area contributed by atoms with Crippen LogP contribution in [0.3, 0.4) is 0 Å². The molecular weight excluding hydrogens is 384 g/mol. The Bertz CT molecular complexity index is 1530. The van der Waals surface area contributed by atoms with Crippen LogP contribution in [0.15, 0.2) is 127 Å². The Morgan fingerprint density at radius 3 is 1.62 bits per heavy atom. The highest BCUT2D eigenvalue weighted by molar-refractivity contribution is 6.24. The summed E-state index contributed by atoms with van der Waals surface area (Å²) in [7, 11) is 0. The first-order chi connectivity index (χ1) is 15.9. The lowest BCUT2D eigenvalue weighted by Gasteiger charge is -2.20. The van der Waals surface area contributed by atoms with Crippen molar-refractivity contribution in [2.75, 3.05) is 0 Å². The van der Waals surface area contributed by atoms with Crippen LogP contribution >= 0.6 is 0 Å². The highest BCUT2D eigenvalue weighted by atomic mass is 14.2. The van der Waals surface area contributed by atoms with Gasteiger partial charge in [0, 0.05) is 0 Å². The monoisotopic (exact) mass is 405 g/mol.